The number of H-pyrrole nitrogens is 1. The Kier molecular flexibility index (Phi) is 8.10. The van der Waals surface area contributed by atoms with Crippen molar-refractivity contribution in [1.82, 2.24) is 14.9 Å². The number of benzene rings is 1. The van der Waals surface area contributed by atoms with Crippen LogP contribution in [-0.4, -0.2) is 46.4 Å². The Bertz CT molecular complexity index is 1230. The van der Waals surface area contributed by atoms with Gasteiger partial charge in [-0.15, -0.1) is 11.3 Å². The number of fused-ring (bicyclic) bond motifs is 1. The van der Waals surface area contributed by atoms with Gasteiger partial charge < -0.3 is 19.9 Å². The summed E-state index contributed by atoms with van der Waals surface area (Å²) < 4.78 is 5.53. The van der Waals surface area contributed by atoms with Crippen molar-refractivity contribution in [3.63, 3.8) is 0 Å². The summed E-state index contributed by atoms with van der Waals surface area (Å²) in [5.74, 6) is 0.485. The highest BCUT2D eigenvalue weighted by Crippen LogP contribution is 2.28. The molecule has 0 radical (unpaired) electrons. The lowest BCUT2D eigenvalue weighted by atomic mass is 10.2. The minimum atomic E-state index is -0.238. The van der Waals surface area contributed by atoms with Crippen LogP contribution in [0.5, 0.6) is 5.75 Å². The highest BCUT2D eigenvalue weighted by molar-refractivity contribution is 7.18. The molecule has 33 heavy (non-hydrogen) atoms. The molecule has 0 bridgehead atoms. The second kappa shape index (κ2) is 10.8. The van der Waals surface area contributed by atoms with Gasteiger partial charge in [0.1, 0.15) is 16.4 Å². The molecule has 8 nitrogen and oxygen atoms in total. The number of nitrogens with zero attached hydrogens (tertiary/aromatic N) is 2. The minimum absolute atomic E-state index is 0.105. The van der Waals surface area contributed by atoms with E-state index < -0.39 is 0 Å². The Hall–Kier alpha value is -2.91. The molecule has 0 saturated heterocycles. The summed E-state index contributed by atoms with van der Waals surface area (Å²) in [6.07, 6.45) is 0.446. The van der Waals surface area contributed by atoms with Crippen LogP contribution in [0.1, 0.15) is 36.5 Å². The van der Waals surface area contributed by atoms with Crippen molar-refractivity contribution >= 4 is 50.7 Å². The van der Waals surface area contributed by atoms with Crippen LogP contribution in [-0.2, 0) is 16.0 Å². The molecule has 0 saturated carbocycles. The van der Waals surface area contributed by atoms with E-state index in [1.54, 1.807) is 23.1 Å². The highest BCUT2D eigenvalue weighted by atomic mass is 35.5. The molecule has 10 heteroatoms. The minimum Gasteiger partial charge on any atom is -0.482 e. The molecular formula is C23H27ClN4O4S. The van der Waals surface area contributed by atoms with Crippen molar-refractivity contribution in [3.05, 3.63) is 49.8 Å². The summed E-state index contributed by atoms with van der Waals surface area (Å²) in [6.45, 7) is 8.79. The van der Waals surface area contributed by atoms with Crippen LogP contribution in [0.4, 0.5) is 5.69 Å². The average molecular weight is 491 g/mol. The number of rotatable bonds is 9. The molecule has 176 valence electrons. The number of aryl methyl sites for hydroxylation is 3. The zero-order chi connectivity index (χ0) is 24.1. The third-order valence-electron chi connectivity index (χ3n) is 5.36. The Morgan fingerprint density at radius 2 is 1.97 bits per heavy atom. The van der Waals surface area contributed by atoms with E-state index in [1.165, 1.54) is 11.3 Å². The predicted octanol–water partition coefficient (Wildman–Crippen LogP) is 4.07. The number of carbonyl (C=O) groups is 2. The molecule has 0 atom stereocenters. The normalized spacial score (nSPS) is 10.9. The summed E-state index contributed by atoms with van der Waals surface area (Å²) in [7, 11) is 0. The number of hydrogen-bond acceptors (Lipinski definition) is 6. The number of carbonyl (C=O) groups excluding carboxylic acids is 2. The van der Waals surface area contributed by atoms with E-state index in [0.29, 0.717) is 52.0 Å². The number of amides is 2. The highest BCUT2D eigenvalue weighted by Gasteiger charge is 2.14. The maximum Gasteiger partial charge on any atom is 0.260 e. The quantitative estimate of drug-likeness (QED) is 0.470. The number of aromatic amines is 1. The number of hydrogen-bond donors (Lipinski definition) is 2. The fraction of sp³-hybridized carbons (Fsp3) is 0.391. The lowest BCUT2D eigenvalue weighted by Gasteiger charge is -2.19. The molecule has 0 aliphatic rings. The van der Waals surface area contributed by atoms with E-state index >= 15 is 0 Å². The summed E-state index contributed by atoms with van der Waals surface area (Å²) in [5, 5.41) is 3.68. The summed E-state index contributed by atoms with van der Waals surface area (Å²) in [6, 6.07) is 4.84. The molecule has 3 rings (SSSR count). The molecule has 2 aromatic heterocycles. The Morgan fingerprint density at radius 3 is 2.64 bits per heavy atom. The zero-order valence-corrected chi connectivity index (χ0v) is 20.7. The SMILES string of the molecule is CCN(CC)C(=O)COc1ccc(NC(=O)CCc2nc3sc(C)c(C)c3c(=O)[nH]2)cc1Cl. The van der Waals surface area contributed by atoms with Crippen LogP contribution in [0.2, 0.25) is 5.02 Å². The molecule has 0 aliphatic heterocycles. The van der Waals surface area contributed by atoms with Crippen molar-refractivity contribution in [3.8, 4) is 5.75 Å². The standard InChI is InChI=1S/C23H27ClN4O4S/c1-5-28(6-2)20(30)12-32-17-8-7-15(11-16(17)24)25-19(29)10-9-18-26-22(31)21-13(3)14(4)33-23(21)27-18/h7-8,11H,5-6,9-10,12H2,1-4H3,(H,25,29)(H,26,27,31). The van der Waals surface area contributed by atoms with Crippen LogP contribution < -0.4 is 15.6 Å². The van der Waals surface area contributed by atoms with Gasteiger partial charge in [-0.3, -0.25) is 14.4 Å². The molecule has 2 N–H and O–H groups in total. The number of halogens is 1. The number of nitrogens with one attached hydrogen (secondary N) is 2. The van der Waals surface area contributed by atoms with E-state index in [9.17, 15) is 14.4 Å². The Labute approximate surface area is 200 Å². The first-order valence-electron chi connectivity index (χ1n) is 10.7. The molecule has 2 heterocycles. The van der Waals surface area contributed by atoms with Gasteiger partial charge in [-0.25, -0.2) is 4.98 Å². The van der Waals surface area contributed by atoms with E-state index in [0.717, 1.165) is 10.4 Å². The second-order valence-electron chi connectivity index (χ2n) is 7.52. The molecule has 0 aliphatic carbocycles. The topological polar surface area (TPSA) is 104 Å². The zero-order valence-electron chi connectivity index (χ0n) is 19.1. The maximum atomic E-state index is 12.4. The van der Waals surface area contributed by atoms with E-state index in [1.807, 2.05) is 27.7 Å². The second-order valence-corrected chi connectivity index (χ2v) is 9.13. The van der Waals surface area contributed by atoms with Gasteiger partial charge >= 0.3 is 0 Å². The Morgan fingerprint density at radius 1 is 1.24 bits per heavy atom. The molecule has 2 amide bonds. The van der Waals surface area contributed by atoms with Crippen molar-refractivity contribution in [1.29, 1.82) is 0 Å². The first kappa shape index (κ1) is 24.7. The fourth-order valence-electron chi connectivity index (χ4n) is 3.38. The lowest BCUT2D eigenvalue weighted by Crippen LogP contribution is -2.34. The first-order valence-corrected chi connectivity index (χ1v) is 11.9. The fourth-order valence-corrected chi connectivity index (χ4v) is 4.66. The van der Waals surface area contributed by atoms with Crippen LogP contribution in [0.25, 0.3) is 10.2 Å². The van der Waals surface area contributed by atoms with Gasteiger partial charge in [-0.05, 0) is 51.5 Å². The monoisotopic (exact) mass is 490 g/mol. The molecule has 1 aromatic carbocycles. The van der Waals surface area contributed by atoms with Gasteiger partial charge in [-0.1, -0.05) is 11.6 Å². The number of likely N-dealkylation sites (N-methyl/N-ethyl adjacent to an activating group) is 1. The molecule has 3 aromatic rings. The third kappa shape index (κ3) is 5.91. The summed E-state index contributed by atoms with van der Waals surface area (Å²) in [4.78, 5) is 47.5. The lowest BCUT2D eigenvalue weighted by molar-refractivity contribution is -0.133. The number of anilines is 1. The smallest absolute Gasteiger partial charge is 0.260 e. The van der Waals surface area contributed by atoms with E-state index in [2.05, 4.69) is 15.3 Å². The van der Waals surface area contributed by atoms with Crippen molar-refractivity contribution < 1.29 is 14.3 Å². The van der Waals surface area contributed by atoms with Gasteiger partial charge in [-0.2, -0.15) is 0 Å². The third-order valence-corrected chi connectivity index (χ3v) is 6.76. The molecule has 0 fully saturated rings. The number of thiophene rings is 1. The first-order chi connectivity index (χ1) is 15.7. The molecule has 0 unspecified atom stereocenters. The van der Waals surface area contributed by atoms with Crippen LogP contribution in [0.15, 0.2) is 23.0 Å². The molecule has 0 spiro atoms. The van der Waals surface area contributed by atoms with Gasteiger partial charge in [0.05, 0.1) is 10.4 Å². The van der Waals surface area contributed by atoms with Gasteiger partial charge in [0.25, 0.3) is 11.5 Å². The van der Waals surface area contributed by atoms with Crippen LogP contribution in [0.3, 0.4) is 0 Å². The van der Waals surface area contributed by atoms with Crippen LogP contribution >= 0.6 is 22.9 Å². The maximum absolute atomic E-state index is 12.4. The number of ether oxygens (including phenoxy) is 1. The predicted molar refractivity (Wildman–Crippen MR) is 132 cm³/mol. The Balaban J connectivity index is 1.57. The average Bonchev–Trinajstić information content (AvgIpc) is 3.06. The van der Waals surface area contributed by atoms with E-state index in [-0.39, 0.29) is 30.4 Å². The largest absolute Gasteiger partial charge is 0.482 e. The van der Waals surface area contributed by atoms with Gasteiger partial charge in [0.15, 0.2) is 6.61 Å². The van der Waals surface area contributed by atoms with Crippen molar-refractivity contribution in [2.75, 3.05) is 25.0 Å². The van der Waals surface area contributed by atoms with Gasteiger partial charge in [0.2, 0.25) is 5.91 Å². The van der Waals surface area contributed by atoms with Crippen molar-refractivity contribution in [2.24, 2.45) is 0 Å². The summed E-state index contributed by atoms with van der Waals surface area (Å²) >= 11 is 7.73. The summed E-state index contributed by atoms with van der Waals surface area (Å²) in [5.41, 5.74) is 1.27. The molecular weight excluding hydrogens is 464 g/mol. The van der Waals surface area contributed by atoms with Crippen LogP contribution in [0, 0.1) is 13.8 Å². The van der Waals surface area contributed by atoms with Crippen molar-refractivity contribution in [2.45, 2.75) is 40.5 Å². The van der Waals surface area contributed by atoms with Gasteiger partial charge in [0, 0.05) is 36.5 Å². The number of aromatic nitrogens is 2. The van der Waals surface area contributed by atoms with E-state index in [4.69, 9.17) is 16.3 Å².